The van der Waals surface area contributed by atoms with Crippen LogP contribution >= 0.6 is 11.6 Å². The van der Waals surface area contributed by atoms with Gasteiger partial charge in [0.1, 0.15) is 11.8 Å². The van der Waals surface area contributed by atoms with Crippen molar-refractivity contribution in [2.75, 3.05) is 7.05 Å². The summed E-state index contributed by atoms with van der Waals surface area (Å²) in [6.45, 7) is 2.02. The number of aryl methyl sites for hydroxylation is 1. The van der Waals surface area contributed by atoms with E-state index in [9.17, 15) is 4.79 Å². The van der Waals surface area contributed by atoms with Crippen molar-refractivity contribution < 1.29 is 9.53 Å². The Hall–Kier alpha value is -1.29. The van der Waals surface area contributed by atoms with E-state index < -0.39 is 6.09 Å². The average molecular weight is 215 g/mol. The lowest BCUT2D eigenvalue weighted by molar-refractivity contribution is 0.141. The number of hydrogen-bond donors (Lipinski definition) is 1. The summed E-state index contributed by atoms with van der Waals surface area (Å²) < 4.78 is 4.86. The molecule has 1 heterocycles. The second-order valence-corrected chi connectivity index (χ2v) is 3.09. The molecule has 1 N–H and O–H groups in total. The Labute approximate surface area is 87.2 Å². The van der Waals surface area contributed by atoms with Gasteiger partial charge >= 0.3 is 6.09 Å². The predicted octanol–water partition coefficient (Wildman–Crippen LogP) is 1.90. The average Bonchev–Trinajstić information content (AvgIpc) is 2.16. The minimum atomic E-state index is -0.459. The van der Waals surface area contributed by atoms with E-state index >= 15 is 0 Å². The van der Waals surface area contributed by atoms with Gasteiger partial charge in [-0.3, -0.25) is 0 Å². The van der Waals surface area contributed by atoms with Crippen LogP contribution in [0.15, 0.2) is 12.1 Å². The first-order chi connectivity index (χ1) is 6.63. The van der Waals surface area contributed by atoms with Crippen LogP contribution in [0, 0.1) is 6.92 Å². The third-order valence-electron chi connectivity index (χ3n) is 1.72. The van der Waals surface area contributed by atoms with Gasteiger partial charge in [-0.2, -0.15) is 0 Å². The summed E-state index contributed by atoms with van der Waals surface area (Å²) in [5.74, 6) is 0. The molecule has 1 aromatic heterocycles. The smallest absolute Gasteiger partial charge is 0.407 e. The lowest BCUT2D eigenvalue weighted by Crippen LogP contribution is -2.19. The molecular weight excluding hydrogens is 204 g/mol. The van der Waals surface area contributed by atoms with Crippen LogP contribution in [0.2, 0.25) is 5.15 Å². The van der Waals surface area contributed by atoms with Gasteiger partial charge in [-0.15, -0.1) is 0 Å². The second kappa shape index (κ2) is 4.81. The van der Waals surface area contributed by atoms with Crippen LogP contribution in [-0.4, -0.2) is 18.1 Å². The molecule has 0 aliphatic rings. The monoisotopic (exact) mass is 214 g/mol. The maximum atomic E-state index is 10.8. The van der Waals surface area contributed by atoms with Crippen molar-refractivity contribution in [2.24, 2.45) is 0 Å². The van der Waals surface area contributed by atoms with Crippen molar-refractivity contribution in [2.45, 2.75) is 13.5 Å². The van der Waals surface area contributed by atoms with Crippen LogP contribution in [0.25, 0.3) is 0 Å². The number of amides is 1. The van der Waals surface area contributed by atoms with Crippen LogP contribution < -0.4 is 5.32 Å². The van der Waals surface area contributed by atoms with Gasteiger partial charge in [0, 0.05) is 18.3 Å². The van der Waals surface area contributed by atoms with Gasteiger partial charge in [0.05, 0.1) is 0 Å². The minimum Gasteiger partial charge on any atom is -0.445 e. The molecule has 0 bridgehead atoms. The molecule has 1 aromatic rings. The van der Waals surface area contributed by atoms with E-state index in [1.54, 1.807) is 12.1 Å². The molecule has 4 nitrogen and oxygen atoms in total. The Kier molecular flexibility index (Phi) is 3.71. The van der Waals surface area contributed by atoms with E-state index in [1.165, 1.54) is 7.05 Å². The zero-order valence-electron chi connectivity index (χ0n) is 8.00. The largest absolute Gasteiger partial charge is 0.445 e. The van der Waals surface area contributed by atoms with Crippen molar-refractivity contribution in [1.82, 2.24) is 10.3 Å². The Morgan fingerprint density at radius 2 is 2.36 bits per heavy atom. The molecule has 0 atom stereocenters. The molecule has 0 unspecified atom stereocenters. The van der Waals surface area contributed by atoms with E-state index in [2.05, 4.69) is 10.3 Å². The standard InChI is InChI=1S/C9H11ClN2O2/c1-6-7(3-4-8(10)12-6)5-14-9(13)11-2/h3-4H,5H2,1-2H3,(H,11,13). The molecule has 0 radical (unpaired) electrons. The number of hydrogen-bond acceptors (Lipinski definition) is 3. The third-order valence-corrected chi connectivity index (χ3v) is 1.93. The number of alkyl carbamates (subject to hydrolysis) is 1. The highest BCUT2D eigenvalue weighted by atomic mass is 35.5. The number of carbonyl (C=O) groups excluding carboxylic acids is 1. The predicted molar refractivity (Wildman–Crippen MR) is 53.2 cm³/mol. The molecule has 0 aliphatic carbocycles. The summed E-state index contributed by atoms with van der Waals surface area (Å²) in [4.78, 5) is 14.8. The van der Waals surface area contributed by atoms with Crippen molar-refractivity contribution >= 4 is 17.7 Å². The van der Waals surface area contributed by atoms with E-state index in [0.29, 0.717) is 5.15 Å². The molecule has 0 spiro atoms. The Morgan fingerprint density at radius 3 is 2.93 bits per heavy atom. The molecule has 76 valence electrons. The normalized spacial score (nSPS) is 9.64. The SMILES string of the molecule is CNC(=O)OCc1ccc(Cl)nc1C. The molecule has 5 heteroatoms. The minimum absolute atomic E-state index is 0.204. The zero-order valence-corrected chi connectivity index (χ0v) is 8.76. The summed E-state index contributed by atoms with van der Waals surface area (Å²) in [5, 5.41) is 2.79. The summed E-state index contributed by atoms with van der Waals surface area (Å²) in [7, 11) is 1.51. The van der Waals surface area contributed by atoms with Gasteiger partial charge in [0.25, 0.3) is 0 Å². The molecule has 0 aromatic carbocycles. The van der Waals surface area contributed by atoms with Crippen molar-refractivity contribution in [3.8, 4) is 0 Å². The number of pyridine rings is 1. The number of rotatable bonds is 2. The lowest BCUT2D eigenvalue weighted by Gasteiger charge is -2.06. The first kappa shape index (κ1) is 10.8. The summed E-state index contributed by atoms with van der Waals surface area (Å²) in [6.07, 6.45) is -0.459. The third kappa shape index (κ3) is 2.88. The number of halogens is 1. The summed E-state index contributed by atoms with van der Waals surface area (Å²) in [6, 6.07) is 3.45. The van der Waals surface area contributed by atoms with Crippen LogP contribution in [0.4, 0.5) is 4.79 Å². The molecule has 14 heavy (non-hydrogen) atoms. The Balaban J connectivity index is 2.63. The first-order valence-corrected chi connectivity index (χ1v) is 4.48. The van der Waals surface area contributed by atoms with Gasteiger partial charge in [0.15, 0.2) is 0 Å². The van der Waals surface area contributed by atoms with Crippen LogP contribution in [0.3, 0.4) is 0 Å². The lowest BCUT2D eigenvalue weighted by atomic mass is 10.2. The quantitative estimate of drug-likeness (QED) is 0.765. The van der Waals surface area contributed by atoms with Gasteiger partial charge < -0.3 is 10.1 Å². The van der Waals surface area contributed by atoms with Gasteiger partial charge in [-0.05, 0) is 13.0 Å². The number of nitrogens with zero attached hydrogens (tertiary/aromatic N) is 1. The fraction of sp³-hybridized carbons (Fsp3) is 0.333. The van der Waals surface area contributed by atoms with Crippen LogP contribution in [-0.2, 0) is 11.3 Å². The van der Waals surface area contributed by atoms with Gasteiger partial charge in [-0.1, -0.05) is 17.7 Å². The Morgan fingerprint density at radius 1 is 1.64 bits per heavy atom. The fourth-order valence-electron chi connectivity index (χ4n) is 0.927. The molecular formula is C9H11ClN2O2. The molecule has 0 aliphatic heterocycles. The molecule has 0 saturated carbocycles. The van der Waals surface area contributed by atoms with Crippen LogP contribution in [0.5, 0.6) is 0 Å². The molecule has 0 fully saturated rings. The van der Waals surface area contributed by atoms with E-state index in [1.807, 2.05) is 6.92 Å². The van der Waals surface area contributed by atoms with E-state index in [4.69, 9.17) is 16.3 Å². The van der Waals surface area contributed by atoms with Crippen molar-refractivity contribution in [1.29, 1.82) is 0 Å². The van der Waals surface area contributed by atoms with Crippen molar-refractivity contribution in [3.05, 3.63) is 28.5 Å². The maximum absolute atomic E-state index is 10.8. The number of nitrogens with one attached hydrogen (secondary N) is 1. The van der Waals surface area contributed by atoms with Gasteiger partial charge in [0.2, 0.25) is 0 Å². The van der Waals surface area contributed by atoms with E-state index in [-0.39, 0.29) is 6.61 Å². The van der Waals surface area contributed by atoms with Crippen LogP contribution in [0.1, 0.15) is 11.3 Å². The molecule has 0 saturated heterocycles. The molecule has 1 rings (SSSR count). The Bertz CT molecular complexity index is 342. The topological polar surface area (TPSA) is 51.2 Å². The first-order valence-electron chi connectivity index (χ1n) is 4.10. The van der Waals surface area contributed by atoms with Gasteiger partial charge in [-0.25, -0.2) is 9.78 Å². The number of ether oxygens (including phenoxy) is 1. The second-order valence-electron chi connectivity index (χ2n) is 2.70. The highest BCUT2D eigenvalue weighted by Gasteiger charge is 2.03. The fourth-order valence-corrected chi connectivity index (χ4v) is 1.12. The number of carbonyl (C=O) groups is 1. The maximum Gasteiger partial charge on any atom is 0.407 e. The van der Waals surface area contributed by atoms with Crippen molar-refractivity contribution in [3.63, 3.8) is 0 Å². The van der Waals surface area contributed by atoms with E-state index in [0.717, 1.165) is 11.3 Å². The summed E-state index contributed by atoms with van der Waals surface area (Å²) >= 11 is 5.68. The highest BCUT2D eigenvalue weighted by molar-refractivity contribution is 6.29. The summed E-state index contributed by atoms with van der Waals surface area (Å²) in [5.41, 5.74) is 1.61. The zero-order chi connectivity index (χ0) is 10.6. The highest BCUT2D eigenvalue weighted by Crippen LogP contribution is 2.11. The molecule has 1 amide bonds. The number of aromatic nitrogens is 1.